The Hall–Kier alpha value is -1.88. The van der Waals surface area contributed by atoms with Gasteiger partial charge >= 0.3 is 11.9 Å². The fraction of sp³-hybridized carbons (Fsp3) is 0.429. The van der Waals surface area contributed by atoms with Crippen LogP contribution in [0, 0.1) is 0 Å². The lowest BCUT2D eigenvalue weighted by Gasteiger charge is -2.21. The quantitative estimate of drug-likeness (QED) is 0.782. The second kappa shape index (κ2) is 7.53. The average Bonchev–Trinajstić information content (AvgIpc) is 2.40. The largest absolute Gasteiger partial charge is 0.465 e. The van der Waals surface area contributed by atoms with Crippen molar-refractivity contribution in [2.75, 3.05) is 13.2 Å². The van der Waals surface area contributed by atoms with Gasteiger partial charge in [0.2, 0.25) is 0 Å². The molecule has 1 rings (SSSR count). The Balaban J connectivity index is 2.99. The van der Waals surface area contributed by atoms with Crippen LogP contribution in [0.15, 0.2) is 30.3 Å². The predicted molar refractivity (Wildman–Crippen MR) is 70.4 cm³/mol. The molecule has 0 heterocycles. The van der Waals surface area contributed by atoms with Crippen molar-refractivity contribution in [3.05, 3.63) is 35.9 Å². The lowest BCUT2D eigenvalue weighted by atomic mass is 9.92. The average molecular weight is 265 g/mol. The van der Waals surface area contributed by atoms with Gasteiger partial charge in [0.15, 0.2) is 0 Å². The molecule has 104 valence electrons. The summed E-state index contributed by atoms with van der Waals surface area (Å²) in [4.78, 5) is 23.7. The molecule has 0 saturated carbocycles. The number of hydrogen-bond acceptors (Lipinski definition) is 5. The maximum Gasteiger partial charge on any atom is 0.324 e. The van der Waals surface area contributed by atoms with Crippen molar-refractivity contribution in [1.82, 2.24) is 0 Å². The highest BCUT2D eigenvalue weighted by molar-refractivity contribution is 5.88. The molecule has 2 N–H and O–H groups in total. The molecule has 19 heavy (non-hydrogen) atoms. The third kappa shape index (κ3) is 4.06. The number of esters is 2. The monoisotopic (exact) mass is 265 g/mol. The molecule has 1 aromatic carbocycles. The minimum atomic E-state index is -1.07. The minimum Gasteiger partial charge on any atom is -0.465 e. The Bertz CT molecular complexity index is 419. The van der Waals surface area contributed by atoms with Crippen LogP contribution in [-0.2, 0) is 19.1 Å². The van der Waals surface area contributed by atoms with Crippen molar-refractivity contribution in [3.63, 3.8) is 0 Å². The molecule has 0 bridgehead atoms. The molecule has 1 aromatic rings. The van der Waals surface area contributed by atoms with E-state index >= 15 is 0 Å². The number of carbonyl (C=O) groups excluding carboxylic acids is 2. The summed E-state index contributed by atoms with van der Waals surface area (Å²) >= 11 is 0. The van der Waals surface area contributed by atoms with E-state index in [2.05, 4.69) is 0 Å². The summed E-state index contributed by atoms with van der Waals surface area (Å²) in [5.41, 5.74) is 6.48. The van der Waals surface area contributed by atoms with Crippen LogP contribution >= 0.6 is 0 Å². The van der Waals surface area contributed by atoms with E-state index in [0.717, 1.165) is 0 Å². The predicted octanol–water partition coefficient (Wildman–Crippen LogP) is 1.22. The normalized spacial score (nSPS) is 13.4. The first-order valence-electron chi connectivity index (χ1n) is 6.25. The highest BCUT2D eigenvalue weighted by Crippen LogP contribution is 2.21. The molecule has 0 amide bonds. The zero-order valence-corrected chi connectivity index (χ0v) is 11.2. The SMILES string of the molecule is CCOC(=O)[C@H](c1ccccc1)[C@@H](N)C(=O)OCC. The fourth-order valence-corrected chi connectivity index (χ4v) is 1.76. The number of rotatable bonds is 6. The number of carbonyl (C=O) groups is 2. The Morgan fingerprint density at radius 1 is 1.05 bits per heavy atom. The summed E-state index contributed by atoms with van der Waals surface area (Å²) in [6.07, 6.45) is 0. The lowest BCUT2D eigenvalue weighted by molar-refractivity contribution is -0.153. The third-order valence-corrected chi connectivity index (χ3v) is 2.62. The van der Waals surface area contributed by atoms with Crippen molar-refractivity contribution in [1.29, 1.82) is 0 Å². The summed E-state index contributed by atoms with van der Waals surface area (Å²) in [6.45, 7) is 3.84. The van der Waals surface area contributed by atoms with Crippen LogP contribution in [0.4, 0.5) is 0 Å². The second-order valence-electron chi connectivity index (χ2n) is 3.92. The molecule has 5 nitrogen and oxygen atoms in total. The maximum atomic E-state index is 12.0. The van der Waals surface area contributed by atoms with Crippen molar-refractivity contribution in [2.45, 2.75) is 25.8 Å². The van der Waals surface area contributed by atoms with Gasteiger partial charge in [-0.1, -0.05) is 30.3 Å². The molecule has 0 aliphatic heterocycles. The van der Waals surface area contributed by atoms with Crippen molar-refractivity contribution in [2.24, 2.45) is 5.73 Å². The molecular formula is C14H19NO4. The molecule has 2 atom stereocenters. The molecule has 0 fully saturated rings. The van der Waals surface area contributed by atoms with E-state index in [0.29, 0.717) is 5.56 Å². The van der Waals surface area contributed by atoms with Crippen molar-refractivity contribution >= 4 is 11.9 Å². The van der Waals surface area contributed by atoms with Gasteiger partial charge in [0, 0.05) is 0 Å². The summed E-state index contributed by atoms with van der Waals surface area (Å²) in [5, 5.41) is 0. The lowest BCUT2D eigenvalue weighted by Crippen LogP contribution is -2.42. The van der Waals surface area contributed by atoms with Crippen LogP contribution in [0.2, 0.25) is 0 Å². The number of nitrogens with two attached hydrogens (primary N) is 1. The highest BCUT2D eigenvalue weighted by Gasteiger charge is 2.34. The van der Waals surface area contributed by atoms with Gasteiger partial charge in [0.05, 0.1) is 13.2 Å². The van der Waals surface area contributed by atoms with Gasteiger partial charge in [-0.15, -0.1) is 0 Å². The van der Waals surface area contributed by atoms with Crippen LogP contribution in [0.5, 0.6) is 0 Å². The fourth-order valence-electron chi connectivity index (χ4n) is 1.76. The molecule has 0 aliphatic rings. The van der Waals surface area contributed by atoms with Crippen LogP contribution in [0.25, 0.3) is 0 Å². The molecule has 0 unspecified atom stereocenters. The summed E-state index contributed by atoms with van der Waals surface area (Å²) in [5.74, 6) is -1.97. The summed E-state index contributed by atoms with van der Waals surface area (Å²) in [7, 11) is 0. The first-order valence-corrected chi connectivity index (χ1v) is 6.25. The van der Waals surface area contributed by atoms with E-state index in [9.17, 15) is 9.59 Å². The van der Waals surface area contributed by atoms with Gasteiger partial charge in [-0.3, -0.25) is 9.59 Å². The van der Waals surface area contributed by atoms with Crippen molar-refractivity contribution in [3.8, 4) is 0 Å². The third-order valence-electron chi connectivity index (χ3n) is 2.62. The second-order valence-corrected chi connectivity index (χ2v) is 3.92. The number of hydrogen-bond donors (Lipinski definition) is 1. The van der Waals surface area contributed by atoms with Crippen LogP contribution in [0.1, 0.15) is 25.3 Å². The maximum absolute atomic E-state index is 12.0. The number of ether oxygens (including phenoxy) is 2. The summed E-state index contributed by atoms with van der Waals surface area (Å²) < 4.78 is 9.84. The van der Waals surface area contributed by atoms with E-state index in [1.54, 1.807) is 38.1 Å². The molecule has 0 spiro atoms. The minimum absolute atomic E-state index is 0.219. The van der Waals surface area contributed by atoms with Crippen LogP contribution in [-0.4, -0.2) is 31.2 Å². The van der Waals surface area contributed by atoms with Crippen LogP contribution < -0.4 is 5.73 Å². The van der Waals surface area contributed by atoms with Gasteiger partial charge in [-0.2, -0.15) is 0 Å². The van der Waals surface area contributed by atoms with Gasteiger partial charge in [0.25, 0.3) is 0 Å². The molecule has 5 heteroatoms. The zero-order chi connectivity index (χ0) is 14.3. The first kappa shape index (κ1) is 15.2. The van der Waals surface area contributed by atoms with Crippen molar-refractivity contribution < 1.29 is 19.1 Å². The smallest absolute Gasteiger partial charge is 0.324 e. The molecule has 0 aliphatic carbocycles. The van der Waals surface area contributed by atoms with Gasteiger partial charge < -0.3 is 15.2 Å². The van der Waals surface area contributed by atoms with Gasteiger partial charge in [0.1, 0.15) is 12.0 Å². The molecule has 0 aromatic heterocycles. The van der Waals surface area contributed by atoms with E-state index < -0.39 is 23.9 Å². The highest BCUT2D eigenvalue weighted by atomic mass is 16.5. The molecule has 0 radical (unpaired) electrons. The summed E-state index contributed by atoms with van der Waals surface area (Å²) in [6, 6.07) is 7.78. The zero-order valence-electron chi connectivity index (χ0n) is 11.2. The van der Waals surface area contributed by atoms with Gasteiger partial charge in [-0.25, -0.2) is 0 Å². The topological polar surface area (TPSA) is 78.6 Å². The van der Waals surface area contributed by atoms with Crippen LogP contribution in [0.3, 0.4) is 0 Å². The van der Waals surface area contributed by atoms with E-state index in [1.807, 2.05) is 6.07 Å². The Labute approximate surface area is 112 Å². The first-order chi connectivity index (χ1) is 9.11. The van der Waals surface area contributed by atoms with Gasteiger partial charge in [-0.05, 0) is 19.4 Å². The van der Waals surface area contributed by atoms with E-state index in [1.165, 1.54) is 0 Å². The molecular weight excluding hydrogens is 246 g/mol. The molecule has 0 saturated heterocycles. The Morgan fingerprint density at radius 3 is 2.11 bits per heavy atom. The Morgan fingerprint density at radius 2 is 1.58 bits per heavy atom. The Kier molecular flexibility index (Phi) is 6.02. The van der Waals surface area contributed by atoms with E-state index in [4.69, 9.17) is 15.2 Å². The number of benzene rings is 1. The van der Waals surface area contributed by atoms with E-state index in [-0.39, 0.29) is 13.2 Å². The standard InChI is InChI=1S/C14H19NO4/c1-3-18-13(16)11(10-8-6-5-7-9-10)12(15)14(17)19-4-2/h5-9,11-12H,3-4,15H2,1-2H3/t11-,12-/m1/s1.